The fraction of sp³-hybridized carbons (Fsp3) is 0. The van der Waals surface area contributed by atoms with Crippen LogP contribution in [0.15, 0.2) is 34.9 Å². The molecule has 0 aliphatic rings. The van der Waals surface area contributed by atoms with Crippen LogP contribution in [0.2, 0.25) is 5.28 Å². The molecule has 0 aliphatic carbocycles. The van der Waals surface area contributed by atoms with Gasteiger partial charge in [0, 0.05) is 6.20 Å². The van der Waals surface area contributed by atoms with Crippen LogP contribution in [0.4, 0.5) is 0 Å². The molecule has 6 heteroatoms. The van der Waals surface area contributed by atoms with Gasteiger partial charge in [0.1, 0.15) is 5.75 Å². The summed E-state index contributed by atoms with van der Waals surface area (Å²) in [5.74, 6) is 0.897. The van der Waals surface area contributed by atoms with Crippen LogP contribution >= 0.6 is 27.5 Å². The van der Waals surface area contributed by atoms with E-state index in [1.807, 2.05) is 6.07 Å². The largest absolute Gasteiger partial charge is 0.438 e. The van der Waals surface area contributed by atoms with Crippen LogP contribution in [0, 0.1) is 11.3 Å². The standard InChI is InChI=1S/C11H5BrClN3O/c12-9-6-15-11(13)16-10(9)17-8-3-1-7(5-14)2-4-8/h1-4,6H. The highest BCUT2D eigenvalue weighted by molar-refractivity contribution is 9.10. The molecule has 0 spiro atoms. The van der Waals surface area contributed by atoms with Crippen LogP contribution in [-0.2, 0) is 0 Å². The smallest absolute Gasteiger partial charge is 0.237 e. The van der Waals surface area contributed by atoms with Gasteiger partial charge in [-0.3, -0.25) is 0 Å². The number of rotatable bonds is 2. The molecule has 0 N–H and O–H groups in total. The number of hydrogen-bond acceptors (Lipinski definition) is 4. The third-order valence-corrected chi connectivity index (χ3v) is 2.61. The second kappa shape index (κ2) is 5.13. The van der Waals surface area contributed by atoms with E-state index in [-0.39, 0.29) is 5.28 Å². The molecule has 0 aliphatic heterocycles. The van der Waals surface area contributed by atoms with Crippen LogP contribution < -0.4 is 4.74 Å². The quantitative estimate of drug-likeness (QED) is 0.796. The third kappa shape index (κ3) is 2.93. The molecule has 84 valence electrons. The van der Waals surface area contributed by atoms with Gasteiger partial charge in [0.25, 0.3) is 0 Å². The summed E-state index contributed by atoms with van der Waals surface area (Å²) in [6.07, 6.45) is 1.51. The Morgan fingerprint density at radius 2 is 2.00 bits per heavy atom. The number of hydrogen-bond donors (Lipinski definition) is 0. The van der Waals surface area contributed by atoms with E-state index in [0.29, 0.717) is 21.7 Å². The minimum Gasteiger partial charge on any atom is -0.438 e. The lowest BCUT2D eigenvalue weighted by Gasteiger charge is -2.06. The SMILES string of the molecule is N#Cc1ccc(Oc2nc(Cl)ncc2Br)cc1. The Bertz CT molecular complexity index is 580. The van der Waals surface area contributed by atoms with Gasteiger partial charge in [0.2, 0.25) is 11.2 Å². The van der Waals surface area contributed by atoms with Gasteiger partial charge in [-0.15, -0.1) is 0 Å². The van der Waals surface area contributed by atoms with Gasteiger partial charge in [-0.05, 0) is 51.8 Å². The summed E-state index contributed by atoms with van der Waals surface area (Å²) in [6.45, 7) is 0. The van der Waals surface area contributed by atoms with Crippen molar-refractivity contribution in [3.05, 3.63) is 45.8 Å². The van der Waals surface area contributed by atoms with E-state index in [1.54, 1.807) is 24.3 Å². The zero-order valence-electron chi connectivity index (χ0n) is 8.39. The predicted octanol–water partition coefficient (Wildman–Crippen LogP) is 3.56. The van der Waals surface area contributed by atoms with Crippen molar-refractivity contribution >= 4 is 27.5 Å². The number of aromatic nitrogens is 2. The Kier molecular flexibility index (Phi) is 3.57. The molecular weight excluding hydrogens is 305 g/mol. The summed E-state index contributed by atoms with van der Waals surface area (Å²) in [6, 6.07) is 8.71. The van der Waals surface area contributed by atoms with Crippen molar-refractivity contribution in [2.45, 2.75) is 0 Å². The molecule has 0 fully saturated rings. The summed E-state index contributed by atoms with van der Waals surface area (Å²) in [4.78, 5) is 7.72. The highest BCUT2D eigenvalue weighted by Crippen LogP contribution is 2.27. The summed E-state index contributed by atoms with van der Waals surface area (Å²) in [5, 5.41) is 8.77. The van der Waals surface area contributed by atoms with Gasteiger partial charge in [-0.25, -0.2) is 4.98 Å². The predicted molar refractivity (Wildman–Crippen MR) is 66.0 cm³/mol. The van der Waals surface area contributed by atoms with Crippen LogP contribution in [-0.4, -0.2) is 9.97 Å². The van der Waals surface area contributed by atoms with Crippen LogP contribution in [0.5, 0.6) is 11.6 Å². The first-order chi connectivity index (χ1) is 8.19. The van der Waals surface area contributed by atoms with E-state index in [2.05, 4.69) is 25.9 Å². The van der Waals surface area contributed by atoms with Crippen molar-refractivity contribution in [2.24, 2.45) is 0 Å². The molecule has 1 aromatic heterocycles. The van der Waals surface area contributed by atoms with Crippen molar-refractivity contribution in [1.82, 2.24) is 9.97 Å². The third-order valence-electron chi connectivity index (χ3n) is 1.88. The van der Waals surface area contributed by atoms with Gasteiger partial charge in [-0.1, -0.05) is 0 Å². The highest BCUT2D eigenvalue weighted by Gasteiger charge is 2.06. The minimum atomic E-state index is 0.108. The summed E-state index contributed by atoms with van der Waals surface area (Å²) in [5.41, 5.74) is 0.567. The Labute approximate surface area is 111 Å². The maximum absolute atomic E-state index is 8.66. The molecule has 0 bridgehead atoms. The van der Waals surface area contributed by atoms with Crippen molar-refractivity contribution in [3.63, 3.8) is 0 Å². The first-order valence-electron chi connectivity index (χ1n) is 4.55. The molecule has 0 radical (unpaired) electrons. The van der Waals surface area contributed by atoms with Gasteiger partial charge < -0.3 is 4.74 Å². The lowest BCUT2D eigenvalue weighted by atomic mass is 10.2. The molecule has 0 amide bonds. The average molecular weight is 311 g/mol. The molecule has 1 heterocycles. The van der Waals surface area contributed by atoms with Crippen LogP contribution in [0.3, 0.4) is 0 Å². The second-order valence-electron chi connectivity index (χ2n) is 3.03. The lowest BCUT2D eigenvalue weighted by Crippen LogP contribution is -1.91. The van der Waals surface area contributed by atoms with Crippen molar-refractivity contribution in [1.29, 1.82) is 5.26 Å². The normalized spacial score (nSPS) is 9.71. The Morgan fingerprint density at radius 1 is 1.29 bits per heavy atom. The van der Waals surface area contributed by atoms with E-state index in [9.17, 15) is 0 Å². The van der Waals surface area contributed by atoms with Crippen molar-refractivity contribution in [2.75, 3.05) is 0 Å². The van der Waals surface area contributed by atoms with E-state index in [1.165, 1.54) is 6.20 Å². The molecule has 1 aromatic carbocycles. The summed E-state index contributed by atoms with van der Waals surface area (Å²) >= 11 is 8.92. The molecule has 4 nitrogen and oxygen atoms in total. The lowest BCUT2D eigenvalue weighted by molar-refractivity contribution is 0.458. The van der Waals surface area contributed by atoms with E-state index >= 15 is 0 Å². The van der Waals surface area contributed by atoms with Gasteiger partial charge in [0.05, 0.1) is 16.1 Å². The molecule has 0 saturated carbocycles. The first-order valence-corrected chi connectivity index (χ1v) is 5.72. The molecule has 2 rings (SSSR count). The van der Waals surface area contributed by atoms with Crippen molar-refractivity contribution < 1.29 is 4.74 Å². The number of halogens is 2. The number of nitriles is 1. The van der Waals surface area contributed by atoms with E-state index in [0.717, 1.165) is 0 Å². The highest BCUT2D eigenvalue weighted by atomic mass is 79.9. The molecule has 0 saturated heterocycles. The number of ether oxygens (including phenoxy) is 1. The second-order valence-corrected chi connectivity index (χ2v) is 4.22. The van der Waals surface area contributed by atoms with Gasteiger partial charge in [0.15, 0.2) is 0 Å². The zero-order valence-corrected chi connectivity index (χ0v) is 10.7. The fourth-order valence-corrected chi connectivity index (χ4v) is 1.51. The molecular formula is C11H5BrClN3O. The Morgan fingerprint density at radius 3 is 2.65 bits per heavy atom. The molecule has 17 heavy (non-hydrogen) atoms. The molecule has 0 atom stereocenters. The van der Waals surface area contributed by atoms with E-state index in [4.69, 9.17) is 21.6 Å². The average Bonchev–Trinajstić information content (AvgIpc) is 2.35. The zero-order chi connectivity index (χ0) is 12.3. The maximum Gasteiger partial charge on any atom is 0.237 e. The van der Waals surface area contributed by atoms with Crippen molar-refractivity contribution in [3.8, 4) is 17.7 Å². The minimum absolute atomic E-state index is 0.108. The number of nitrogens with zero attached hydrogens (tertiary/aromatic N) is 3. The number of benzene rings is 1. The van der Waals surface area contributed by atoms with Crippen LogP contribution in [0.25, 0.3) is 0 Å². The first kappa shape index (κ1) is 11.8. The van der Waals surface area contributed by atoms with E-state index < -0.39 is 0 Å². The molecule has 2 aromatic rings. The fourth-order valence-electron chi connectivity index (χ4n) is 1.11. The van der Waals surface area contributed by atoms with Gasteiger partial charge in [-0.2, -0.15) is 10.2 Å². The topological polar surface area (TPSA) is 58.8 Å². The Hall–Kier alpha value is -1.64. The van der Waals surface area contributed by atoms with Crippen LogP contribution in [0.1, 0.15) is 5.56 Å². The summed E-state index contributed by atoms with van der Waals surface area (Å²) in [7, 11) is 0. The summed E-state index contributed by atoms with van der Waals surface area (Å²) < 4.78 is 6.10. The van der Waals surface area contributed by atoms with Gasteiger partial charge >= 0.3 is 0 Å². The Balaban J connectivity index is 2.25. The maximum atomic E-state index is 8.66. The monoisotopic (exact) mass is 309 g/mol. The molecule has 0 unspecified atom stereocenters.